The van der Waals surface area contributed by atoms with Crippen LogP contribution in [0.3, 0.4) is 0 Å². The molecular weight excluding hydrogens is 307 g/mol. The Balaban J connectivity index is 2.43. The van der Waals surface area contributed by atoms with Crippen LogP contribution in [0, 0.1) is 11.3 Å². The van der Waals surface area contributed by atoms with Crippen molar-refractivity contribution in [2.45, 2.75) is 6.61 Å². The smallest absolute Gasteiger partial charge is 0.387 e. The number of nitrogens with zero attached hydrogens (tertiary/aromatic N) is 1. The van der Waals surface area contributed by atoms with E-state index in [0.717, 1.165) is 5.56 Å². The average Bonchev–Trinajstić information content (AvgIpc) is 2.42. The van der Waals surface area contributed by atoms with Gasteiger partial charge in [-0.05, 0) is 35.4 Å². The number of halogens is 4. The number of ether oxygens (including phenoxy) is 1. The SMILES string of the molecule is N#Cc1cc(-c2ccc(Cl)c(Cl)c2)ccc1OC(F)F. The summed E-state index contributed by atoms with van der Waals surface area (Å²) in [6, 6.07) is 11.1. The molecule has 0 N–H and O–H groups in total. The molecule has 0 fully saturated rings. The van der Waals surface area contributed by atoms with E-state index in [1.165, 1.54) is 12.1 Å². The van der Waals surface area contributed by atoms with Gasteiger partial charge in [-0.1, -0.05) is 35.3 Å². The van der Waals surface area contributed by atoms with Gasteiger partial charge >= 0.3 is 6.61 Å². The Morgan fingerprint density at radius 1 is 1.00 bits per heavy atom. The van der Waals surface area contributed by atoms with Crippen molar-refractivity contribution in [3.63, 3.8) is 0 Å². The first-order valence-electron chi connectivity index (χ1n) is 5.45. The van der Waals surface area contributed by atoms with Gasteiger partial charge in [0, 0.05) is 0 Å². The first-order chi connectivity index (χ1) is 9.51. The highest BCUT2D eigenvalue weighted by atomic mass is 35.5. The maximum absolute atomic E-state index is 12.2. The van der Waals surface area contributed by atoms with Crippen LogP contribution < -0.4 is 4.74 Å². The number of hydrogen-bond acceptors (Lipinski definition) is 2. The van der Waals surface area contributed by atoms with Gasteiger partial charge in [0.05, 0.1) is 15.6 Å². The maximum atomic E-state index is 12.2. The van der Waals surface area contributed by atoms with E-state index in [2.05, 4.69) is 4.74 Å². The molecule has 0 aliphatic heterocycles. The molecule has 0 saturated heterocycles. The quantitative estimate of drug-likeness (QED) is 0.786. The molecule has 0 amide bonds. The fraction of sp³-hybridized carbons (Fsp3) is 0.0714. The third kappa shape index (κ3) is 3.19. The molecule has 0 spiro atoms. The molecule has 2 aromatic carbocycles. The van der Waals surface area contributed by atoms with Gasteiger partial charge in [0.2, 0.25) is 0 Å². The van der Waals surface area contributed by atoms with Crippen molar-refractivity contribution in [3.8, 4) is 22.9 Å². The highest BCUT2D eigenvalue weighted by molar-refractivity contribution is 6.42. The molecule has 102 valence electrons. The van der Waals surface area contributed by atoms with Gasteiger partial charge in [0.1, 0.15) is 11.8 Å². The van der Waals surface area contributed by atoms with Crippen molar-refractivity contribution in [3.05, 3.63) is 52.0 Å². The summed E-state index contributed by atoms with van der Waals surface area (Å²) in [6.45, 7) is -2.97. The molecule has 0 unspecified atom stereocenters. The van der Waals surface area contributed by atoms with Crippen molar-refractivity contribution in [1.29, 1.82) is 5.26 Å². The predicted octanol–water partition coefficient (Wildman–Crippen LogP) is 5.13. The summed E-state index contributed by atoms with van der Waals surface area (Å²) < 4.78 is 28.7. The van der Waals surface area contributed by atoms with Crippen LogP contribution in [0.2, 0.25) is 10.0 Å². The van der Waals surface area contributed by atoms with Crippen molar-refractivity contribution in [2.24, 2.45) is 0 Å². The van der Waals surface area contributed by atoms with Crippen molar-refractivity contribution >= 4 is 23.2 Å². The van der Waals surface area contributed by atoms with E-state index >= 15 is 0 Å². The zero-order chi connectivity index (χ0) is 14.7. The summed E-state index contributed by atoms with van der Waals surface area (Å²) in [5, 5.41) is 9.76. The van der Waals surface area contributed by atoms with Crippen molar-refractivity contribution < 1.29 is 13.5 Å². The normalized spacial score (nSPS) is 10.4. The van der Waals surface area contributed by atoms with Gasteiger partial charge in [-0.25, -0.2) is 0 Å². The Kier molecular flexibility index (Phi) is 4.43. The fourth-order valence-electron chi connectivity index (χ4n) is 1.67. The molecule has 0 saturated carbocycles. The molecule has 2 aromatic rings. The van der Waals surface area contributed by atoms with Gasteiger partial charge in [-0.15, -0.1) is 0 Å². The van der Waals surface area contributed by atoms with E-state index in [1.807, 2.05) is 6.07 Å². The zero-order valence-corrected chi connectivity index (χ0v) is 11.4. The third-order valence-electron chi connectivity index (χ3n) is 2.57. The van der Waals surface area contributed by atoms with Gasteiger partial charge in [0.25, 0.3) is 0 Å². The summed E-state index contributed by atoms with van der Waals surface area (Å²) in [5.41, 5.74) is 1.40. The lowest BCUT2D eigenvalue weighted by molar-refractivity contribution is -0.0500. The van der Waals surface area contributed by atoms with Crippen LogP contribution in [-0.4, -0.2) is 6.61 Å². The van der Waals surface area contributed by atoms with Crippen molar-refractivity contribution in [1.82, 2.24) is 0 Å². The van der Waals surface area contributed by atoms with Crippen LogP contribution in [0.15, 0.2) is 36.4 Å². The van der Waals surface area contributed by atoms with Gasteiger partial charge in [-0.3, -0.25) is 0 Å². The maximum Gasteiger partial charge on any atom is 0.387 e. The van der Waals surface area contributed by atoms with E-state index in [1.54, 1.807) is 24.3 Å². The largest absolute Gasteiger partial charge is 0.433 e. The number of hydrogen-bond donors (Lipinski definition) is 0. The first-order valence-corrected chi connectivity index (χ1v) is 6.21. The van der Waals surface area contributed by atoms with E-state index in [0.29, 0.717) is 15.6 Å². The van der Waals surface area contributed by atoms with E-state index < -0.39 is 6.61 Å². The highest BCUT2D eigenvalue weighted by Gasteiger charge is 2.11. The standard InChI is InChI=1S/C14H7Cl2F2NO/c15-11-3-1-9(6-12(11)16)8-2-4-13(20-14(17)18)10(5-8)7-19/h1-6,14H. The summed E-state index contributed by atoms with van der Waals surface area (Å²) in [5.74, 6) is -0.161. The monoisotopic (exact) mass is 313 g/mol. The van der Waals surface area contributed by atoms with Gasteiger partial charge in [0.15, 0.2) is 0 Å². The minimum atomic E-state index is -2.97. The lowest BCUT2D eigenvalue weighted by Crippen LogP contribution is -2.03. The van der Waals surface area contributed by atoms with E-state index in [4.69, 9.17) is 28.5 Å². The Hall–Kier alpha value is -1.83. The average molecular weight is 314 g/mol. The predicted molar refractivity (Wildman–Crippen MR) is 73.2 cm³/mol. The molecule has 0 aromatic heterocycles. The molecule has 0 radical (unpaired) electrons. The Morgan fingerprint density at radius 3 is 2.25 bits per heavy atom. The molecule has 2 rings (SSSR count). The zero-order valence-electron chi connectivity index (χ0n) is 9.91. The number of alkyl halides is 2. The summed E-state index contributed by atoms with van der Waals surface area (Å²) in [7, 11) is 0. The summed E-state index contributed by atoms with van der Waals surface area (Å²) in [6.07, 6.45) is 0. The molecule has 6 heteroatoms. The summed E-state index contributed by atoms with van der Waals surface area (Å²) in [4.78, 5) is 0. The molecule has 0 bridgehead atoms. The highest BCUT2D eigenvalue weighted by Crippen LogP contribution is 2.31. The van der Waals surface area contributed by atoms with Crippen LogP contribution >= 0.6 is 23.2 Å². The Morgan fingerprint density at radius 2 is 1.65 bits per heavy atom. The Labute approximate surface area is 124 Å². The molecule has 0 aliphatic rings. The second kappa shape index (κ2) is 6.08. The van der Waals surface area contributed by atoms with Crippen molar-refractivity contribution in [2.75, 3.05) is 0 Å². The van der Waals surface area contributed by atoms with Crippen LogP contribution in [0.25, 0.3) is 11.1 Å². The van der Waals surface area contributed by atoms with Crippen LogP contribution in [0.5, 0.6) is 5.75 Å². The number of benzene rings is 2. The topological polar surface area (TPSA) is 33.0 Å². The fourth-order valence-corrected chi connectivity index (χ4v) is 1.97. The second-order valence-electron chi connectivity index (χ2n) is 3.83. The molecule has 0 heterocycles. The molecular formula is C14H7Cl2F2NO. The third-order valence-corrected chi connectivity index (χ3v) is 3.31. The van der Waals surface area contributed by atoms with E-state index in [-0.39, 0.29) is 11.3 Å². The minimum absolute atomic E-state index is 0.0221. The van der Waals surface area contributed by atoms with Crippen LogP contribution in [-0.2, 0) is 0 Å². The second-order valence-corrected chi connectivity index (χ2v) is 4.64. The summed E-state index contributed by atoms with van der Waals surface area (Å²) >= 11 is 11.7. The number of rotatable bonds is 3. The molecule has 20 heavy (non-hydrogen) atoms. The first kappa shape index (κ1) is 14.6. The number of nitriles is 1. The molecule has 0 atom stereocenters. The lowest BCUT2D eigenvalue weighted by Gasteiger charge is -2.09. The van der Waals surface area contributed by atoms with Crippen LogP contribution in [0.4, 0.5) is 8.78 Å². The molecule has 2 nitrogen and oxygen atoms in total. The molecule has 0 aliphatic carbocycles. The van der Waals surface area contributed by atoms with Gasteiger partial charge in [-0.2, -0.15) is 14.0 Å². The Bertz CT molecular complexity index is 683. The van der Waals surface area contributed by atoms with Gasteiger partial charge < -0.3 is 4.74 Å². The minimum Gasteiger partial charge on any atom is -0.433 e. The van der Waals surface area contributed by atoms with Crippen LogP contribution in [0.1, 0.15) is 5.56 Å². The lowest BCUT2D eigenvalue weighted by atomic mass is 10.0. The van der Waals surface area contributed by atoms with E-state index in [9.17, 15) is 8.78 Å².